The van der Waals surface area contributed by atoms with Crippen LogP contribution in [0.3, 0.4) is 0 Å². The Bertz CT molecular complexity index is 565. The highest BCUT2D eigenvalue weighted by Gasteiger charge is 2.20. The molecule has 1 aliphatic heterocycles. The van der Waals surface area contributed by atoms with Gasteiger partial charge in [-0.3, -0.25) is 4.90 Å². The van der Waals surface area contributed by atoms with E-state index in [2.05, 4.69) is 57.8 Å². The molecule has 1 heterocycles. The van der Waals surface area contributed by atoms with Crippen molar-refractivity contribution >= 4 is 34.2 Å². The largest absolute Gasteiger partial charge is 0.291 e. The Morgan fingerprint density at radius 1 is 1.06 bits per heavy atom. The molecule has 3 rings (SSSR count). The second kappa shape index (κ2) is 5.19. The molecule has 0 saturated heterocycles. The van der Waals surface area contributed by atoms with Crippen LogP contribution in [0.4, 0.5) is 0 Å². The predicted molar refractivity (Wildman–Crippen MR) is 83.6 cm³/mol. The zero-order chi connectivity index (χ0) is 12.5. The van der Waals surface area contributed by atoms with Gasteiger partial charge in [-0.1, -0.05) is 35.9 Å². The van der Waals surface area contributed by atoms with Gasteiger partial charge >= 0.3 is 0 Å². The van der Waals surface area contributed by atoms with Gasteiger partial charge in [0.25, 0.3) is 0 Å². The summed E-state index contributed by atoms with van der Waals surface area (Å²) in [5, 5.41) is 0.804. The number of benzene rings is 2. The summed E-state index contributed by atoms with van der Waals surface area (Å²) in [4.78, 5) is 2.47. The smallest absolute Gasteiger partial charge is 0.0406 e. The van der Waals surface area contributed by atoms with Crippen molar-refractivity contribution < 1.29 is 0 Å². The molecule has 0 bridgehead atoms. The molecular weight excluding hydrogens is 357 g/mol. The summed E-state index contributed by atoms with van der Waals surface area (Å²) in [6.07, 6.45) is 0. The van der Waals surface area contributed by atoms with E-state index < -0.39 is 0 Å². The summed E-state index contributed by atoms with van der Waals surface area (Å²) in [5.41, 5.74) is 4.28. The topological polar surface area (TPSA) is 3.24 Å². The molecule has 0 aromatic heterocycles. The van der Waals surface area contributed by atoms with E-state index in [1.165, 1.54) is 20.3 Å². The summed E-state index contributed by atoms with van der Waals surface area (Å²) in [5.74, 6) is 0. The summed E-state index contributed by atoms with van der Waals surface area (Å²) >= 11 is 8.33. The number of hydrogen-bond acceptors (Lipinski definition) is 1. The van der Waals surface area contributed by atoms with Crippen molar-refractivity contribution in [3.8, 4) is 0 Å². The number of halogens is 2. The highest BCUT2D eigenvalue weighted by Crippen LogP contribution is 2.28. The first-order chi connectivity index (χ1) is 8.72. The van der Waals surface area contributed by atoms with Crippen LogP contribution in [0.15, 0.2) is 42.5 Å². The number of hydrogen-bond donors (Lipinski definition) is 0. The van der Waals surface area contributed by atoms with E-state index in [9.17, 15) is 0 Å². The Morgan fingerprint density at radius 2 is 1.83 bits per heavy atom. The molecule has 0 amide bonds. The van der Waals surface area contributed by atoms with Gasteiger partial charge < -0.3 is 0 Å². The molecule has 0 radical (unpaired) electrons. The maximum Gasteiger partial charge on any atom is 0.0406 e. The minimum absolute atomic E-state index is 0.804. The molecule has 0 unspecified atom stereocenters. The number of rotatable bonds is 2. The Labute approximate surface area is 126 Å². The Morgan fingerprint density at radius 3 is 2.56 bits per heavy atom. The molecule has 92 valence electrons. The van der Waals surface area contributed by atoms with Gasteiger partial charge in [0, 0.05) is 28.2 Å². The Kier molecular flexibility index (Phi) is 3.59. The average Bonchev–Trinajstić information content (AvgIpc) is 2.76. The maximum atomic E-state index is 5.91. The fraction of sp³-hybridized carbons (Fsp3) is 0.200. The molecule has 0 atom stereocenters. The minimum atomic E-state index is 0.804. The van der Waals surface area contributed by atoms with Gasteiger partial charge in [0.1, 0.15) is 0 Å². The van der Waals surface area contributed by atoms with Gasteiger partial charge in [0.15, 0.2) is 0 Å². The van der Waals surface area contributed by atoms with Crippen molar-refractivity contribution in [1.82, 2.24) is 4.90 Å². The lowest BCUT2D eigenvalue weighted by atomic mass is 10.1. The van der Waals surface area contributed by atoms with Crippen molar-refractivity contribution in [2.45, 2.75) is 19.6 Å². The minimum Gasteiger partial charge on any atom is -0.291 e. The predicted octanol–water partition coefficient (Wildman–Crippen LogP) is 4.46. The Hall–Kier alpha value is -0.580. The summed E-state index contributed by atoms with van der Waals surface area (Å²) in [7, 11) is 0. The second-order valence-electron chi connectivity index (χ2n) is 4.65. The van der Waals surface area contributed by atoms with Crippen molar-refractivity contribution in [2.24, 2.45) is 0 Å². The van der Waals surface area contributed by atoms with E-state index in [1.807, 2.05) is 12.1 Å². The van der Waals surface area contributed by atoms with E-state index in [0.29, 0.717) is 0 Å². The third-order valence-electron chi connectivity index (χ3n) is 3.31. The van der Waals surface area contributed by atoms with Gasteiger partial charge in [0.2, 0.25) is 0 Å². The molecule has 0 spiro atoms. The first kappa shape index (κ1) is 12.5. The third-order valence-corrected chi connectivity index (χ3v) is 4.57. The lowest BCUT2D eigenvalue weighted by molar-refractivity contribution is 0.275. The van der Waals surface area contributed by atoms with E-state index in [0.717, 1.165) is 24.7 Å². The van der Waals surface area contributed by atoms with Crippen molar-refractivity contribution in [2.75, 3.05) is 0 Å². The maximum absolute atomic E-state index is 5.91. The zero-order valence-corrected chi connectivity index (χ0v) is 12.8. The zero-order valence-electron chi connectivity index (χ0n) is 9.87. The molecule has 0 aliphatic carbocycles. The molecule has 18 heavy (non-hydrogen) atoms. The van der Waals surface area contributed by atoms with Gasteiger partial charge in [-0.15, -0.1) is 0 Å². The summed E-state index contributed by atoms with van der Waals surface area (Å²) in [6.45, 7) is 3.09. The quantitative estimate of drug-likeness (QED) is 0.707. The van der Waals surface area contributed by atoms with Crippen molar-refractivity contribution in [1.29, 1.82) is 0 Å². The monoisotopic (exact) mass is 369 g/mol. The van der Waals surface area contributed by atoms with Gasteiger partial charge in [-0.25, -0.2) is 0 Å². The van der Waals surface area contributed by atoms with E-state index >= 15 is 0 Å². The van der Waals surface area contributed by atoms with Crippen LogP contribution in [0.25, 0.3) is 0 Å². The van der Waals surface area contributed by atoms with Gasteiger partial charge in [0.05, 0.1) is 0 Å². The van der Waals surface area contributed by atoms with Crippen LogP contribution >= 0.6 is 34.2 Å². The van der Waals surface area contributed by atoms with Crippen LogP contribution in [-0.2, 0) is 19.6 Å². The van der Waals surface area contributed by atoms with Crippen LogP contribution in [0.5, 0.6) is 0 Å². The highest BCUT2D eigenvalue weighted by atomic mass is 127. The molecule has 3 heteroatoms. The van der Waals surface area contributed by atoms with Crippen molar-refractivity contribution in [3.63, 3.8) is 0 Å². The number of nitrogens with zero attached hydrogens (tertiary/aromatic N) is 1. The molecule has 1 aliphatic rings. The lowest BCUT2D eigenvalue weighted by Crippen LogP contribution is -2.15. The first-order valence-corrected chi connectivity index (χ1v) is 7.41. The van der Waals surface area contributed by atoms with Gasteiger partial charge in [-0.05, 0) is 57.5 Å². The summed E-state index contributed by atoms with van der Waals surface area (Å²) in [6, 6.07) is 14.7. The molecule has 2 aromatic carbocycles. The molecule has 0 N–H and O–H groups in total. The van der Waals surface area contributed by atoms with Crippen LogP contribution in [0, 0.1) is 3.57 Å². The van der Waals surface area contributed by atoms with Crippen LogP contribution in [0.2, 0.25) is 5.02 Å². The van der Waals surface area contributed by atoms with Crippen LogP contribution < -0.4 is 0 Å². The normalized spacial score (nSPS) is 14.8. The number of fused-ring (bicyclic) bond motifs is 1. The van der Waals surface area contributed by atoms with Crippen LogP contribution in [0.1, 0.15) is 16.7 Å². The highest BCUT2D eigenvalue weighted by molar-refractivity contribution is 14.1. The van der Waals surface area contributed by atoms with Crippen molar-refractivity contribution in [3.05, 3.63) is 67.7 Å². The molecule has 2 aromatic rings. The molecule has 0 fully saturated rings. The summed E-state index contributed by atoms with van der Waals surface area (Å²) < 4.78 is 1.38. The SMILES string of the molecule is Clc1ccc(CN2Cc3cccc(I)c3C2)cc1. The molecule has 1 nitrogen and oxygen atoms in total. The fourth-order valence-corrected chi connectivity index (χ4v) is 3.26. The average molecular weight is 370 g/mol. The fourth-order valence-electron chi connectivity index (χ4n) is 2.41. The first-order valence-electron chi connectivity index (χ1n) is 5.95. The lowest BCUT2D eigenvalue weighted by Gasteiger charge is -2.14. The van der Waals surface area contributed by atoms with E-state index in [-0.39, 0.29) is 0 Å². The Balaban J connectivity index is 1.75. The van der Waals surface area contributed by atoms with E-state index in [4.69, 9.17) is 11.6 Å². The van der Waals surface area contributed by atoms with Crippen LogP contribution in [-0.4, -0.2) is 4.90 Å². The second-order valence-corrected chi connectivity index (χ2v) is 6.25. The third kappa shape index (κ3) is 2.56. The standard InChI is InChI=1S/C15H13ClIN/c16-13-6-4-11(5-7-13)8-18-9-12-2-1-3-15(17)14(12)10-18/h1-7H,8-10H2. The van der Waals surface area contributed by atoms with E-state index in [1.54, 1.807) is 0 Å². The van der Waals surface area contributed by atoms with Gasteiger partial charge in [-0.2, -0.15) is 0 Å². The molecule has 0 saturated carbocycles. The molecular formula is C15H13ClIN.